The van der Waals surface area contributed by atoms with Crippen LogP contribution in [-0.4, -0.2) is 61.2 Å². The molecule has 1 fully saturated rings. The van der Waals surface area contributed by atoms with Crippen LogP contribution in [0.1, 0.15) is 41.0 Å². The molecule has 1 heterocycles. The summed E-state index contributed by atoms with van der Waals surface area (Å²) in [7, 11) is 0. The predicted molar refractivity (Wildman–Crippen MR) is 80.1 cm³/mol. The Hall–Kier alpha value is -0.120. The smallest absolute Gasteiger partial charge is 0.0195 e. The minimum absolute atomic E-state index is 0.714. The molecule has 0 spiro atoms. The largest absolute Gasteiger partial charge is 0.316 e. The first-order valence-electron chi connectivity index (χ1n) is 7.73. The lowest BCUT2D eigenvalue weighted by molar-refractivity contribution is 0.0613. The van der Waals surface area contributed by atoms with Crippen LogP contribution in [0, 0.1) is 5.92 Å². The fourth-order valence-electron chi connectivity index (χ4n) is 2.78. The Kier molecular flexibility index (Phi) is 7.20. The Bertz CT molecular complexity index is 218. The molecule has 1 aliphatic rings. The highest BCUT2D eigenvalue weighted by Gasteiger charge is 2.24. The van der Waals surface area contributed by atoms with Gasteiger partial charge in [0.15, 0.2) is 0 Å². The van der Waals surface area contributed by atoms with E-state index in [9.17, 15) is 0 Å². The molecule has 0 aromatic carbocycles. The van der Waals surface area contributed by atoms with Crippen LogP contribution >= 0.6 is 0 Å². The standard InChI is InChI=1S/C15H33N3/c1-6-17-9-10-18(12-15(17)5)14(4)7-8-16-11-13(2)3/h13-16H,6-12H2,1-5H3. The van der Waals surface area contributed by atoms with E-state index in [2.05, 4.69) is 49.7 Å². The maximum absolute atomic E-state index is 3.55. The maximum Gasteiger partial charge on any atom is 0.0195 e. The van der Waals surface area contributed by atoms with Gasteiger partial charge in [-0.2, -0.15) is 0 Å². The highest BCUT2D eigenvalue weighted by Crippen LogP contribution is 2.13. The van der Waals surface area contributed by atoms with E-state index in [4.69, 9.17) is 0 Å². The summed E-state index contributed by atoms with van der Waals surface area (Å²) in [5.41, 5.74) is 0. The van der Waals surface area contributed by atoms with Crippen LogP contribution in [0.4, 0.5) is 0 Å². The Labute approximate surface area is 114 Å². The lowest BCUT2D eigenvalue weighted by Gasteiger charge is -2.42. The predicted octanol–water partition coefficient (Wildman–Crippen LogP) is 2.04. The molecule has 1 rings (SSSR count). The summed E-state index contributed by atoms with van der Waals surface area (Å²) in [6.45, 7) is 18.7. The molecule has 2 unspecified atom stereocenters. The van der Waals surface area contributed by atoms with E-state index < -0.39 is 0 Å². The van der Waals surface area contributed by atoms with Gasteiger partial charge in [0.25, 0.3) is 0 Å². The molecule has 1 N–H and O–H groups in total. The number of hydrogen-bond acceptors (Lipinski definition) is 3. The van der Waals surface area contributed by atoms with Gasteiger partial charge >= 0.3 is 0 Å². The van der Waals surface area contributed by atoms with Gasteiger partial charge in [0.2, 0.25) is 0 Å². The van der Waals surface area contributed by atoms with E-state index in [1.165, 1.54) is 32.6 Å². The quantitative estimate of drug-likeness (QED) is 0.702. The molecular formula is C15H33N3. The normalized spacial score (nSPS) is 24.7. The van der Waals surface area contributed by atoms with Crippen molar-refractivity contribution in [2.45, 2.75) is 53.1 Å². The lowest BCUT2D eigenvalue weighted by Crippen LogP contribution is -2.54. The molecule has 3 heteroatoms. The summed E-state index contributed by atoms with van der Waals surface area (Å²) in [6, 6.07) is 1.43. The number of likely N-dealkylation sites (N-methyl/N-ethyl adjacent to an activating group) is 1. The first-order valence-corrected chi connectivity index (χ1v) is 7.73. The highest BCUT2D eigenvalue weighted by molar-refractivity contribution is 4.81. The zero-order valence-corrected chi connectivity index (χ0v) is 13.1. The first kappa shape index (κ1) is 15.9. The van der Waals surface area contributed by atoms with Crippen molar-refractivity contribution in [3.05, 3.63) is 0 Å². The van der Waals surface area contributed by atoms with Crippen molar-refractivity contribution in [2.75, 3.05) is 39.3 Å². The van der Waals surface area contributed by atoms with Crippen LogP contribution in [0.15, 0.2) is 0 Å². The summed E-state index contributed by atoms with van der Waals surface area (Å²) in [6.07, 6.45) is 1.27. The zero-order valence-electron chi connectivity index (χ0n) is 13.1. The van der Waals surface area contributed by atoms with Crippen LogP contribution in [-0.2, 0) is 0 Å². The van der Waals surface area contributed by atoms with E-state index in [1.807, 2.05) is 0 Å². The van der Waals surface area contributed by atoms with Gasteiger partial charge in [0, 0.05) is 31.7 Å². The molecule has 0 amide bonds. The number of piperazine rings is 1. The molecule has 0 bridgehead atoms. The molecule has 0 aromatic heterocycles. The van der Waals surface area contributed by atoms with Crippen molar-refractivity contribution in [1.29, 1.82) is 0 Å². The molecule has 0 radical (unpaired) electrons. The summed E-state index contributed by atoms with van der Waals surface area (Å²) >= 11 is 0. The second-order valence-corrected chi connectivity index (χ2v) is 6.21. The van der Waals surface area contributed by atoms with E-state index in [0.717, 1.165) is 25.0 Å². The second-order valence-electron chi connectivity index (χ2n) is 6.21. The van der Waals surface area contributed by atoms with Gasteiger partial charge in [-0.1, -0.05) is 20.8 Å². The summed E-state index contributed by atoms with van der Waals surface area (Å²) in [5.74, 6) is 0.758. The molecule has 108 valence electrons. The van der Waals surface area contributed by atoms with Crippen LogP contribution in [0.2, 0.25) is 0 Å². The molecule has 0 aliphatic carbocycles. The number of hydrogen-bond donors (Lipinski definition) is 1. The van der Waals surface area contributed by atoms with E-state index >= 15 is 0 Å². The van der Waals surface area contributed by atoms with Crippen molar-refractivity contribution < 1.29 is 0 Å². The Morgan fingerprint density at radius 1 is 1.22 bits per heavy atom. The van der Waals surface area contributed by atoms with Crippen LogP contribution in [0.5, 0.6) is 0 Å². The van der Waals surface area contributed by atoms with E-state index in [0.29, 0.717) is 6.04 Å². The van der Waals surface area contributed by atoms with Crippen molar-refractivity contribution in [1.82, 2.24) is 15.1 Å². The molecule has 2 atom stereocenters. The minimum atomic E-state index is 0.714. The van der Waals surface area contributed by atoms with Crippen molar-refractivity contribution in [2.24, 2.45) is 5.92 Å². The SMILES string of the molecule is CCN1CCN(C(C)CCNCC(C)C)CC1C. The van der Waals surface area contributed by atoms with E-state index in [1.54, 1.807) is 0 Å². The van der Waals surface area contributed by atoms with Crippen LogP contribution in [0.25, 0.3) is 0 Å². The first-order chi connectivity index (χ1) is 8.54. The van der Waals surface area contributed by atoms with Gasteiger partial charge in [0.05, 0.1) is 0 Å². The third-order valence-electron chi connectivity index (χ3n) is 4.12. The Morgan fingerprint density at radius 3 is 2.50 bits per heavy atom. The summed E-state index contributed by atoms with van der Waals surface area (Å²) < 4.78 is 0. The molecule has 1 aliphatic heterocycles. The van der Waals surface area contributed by atoms with Gasteiger partial charge in [-0.3, -0.25) is 9.80 Å². The minimum Gasteiger partial charge on any atom is -0.316 e. The molecule has 3 nitrogen and oxygen atoms in total. The second kappa shape index (κ2) is 8.13. The van der Waals surface area contributed by atoms with Crippen LogP contribution < -0.4 is 5.32 Å². The number of rotatable bonds is 7. The molecule has 0 saturated carbocycles. The Morgan fingerprint density at radius 2 is 1.94 bits per heavy atom. The average molecular weight is 255 g/mol. The average Bonchev–Trinajstić information content (AvgIpc) is 2.34. The Balaban J connectivity index is 2.20. The molecular weight excluding hydrogens is 222 g/mol. The van der Waals surface area contributed by atoms with Crippen molar-refractivity contribution >= 4 is 0 Å². The highest BCUT2D eigenvalue weighted by atomic mass is 15.3. The monoisotopic (exact) mass is 255 g/mol. The summed E-state index contributed by atoms with van der Waals surface area (Å²) in [5, 5.41) is 3.55. The van der Waals surface area contributed by atoms with E-state index in [-0.39, 0.29) is 0 Å². The number of nitrogens with zero attached hydrogens (tertiary/aromatic N) is 2. The van der Waals surface area contributed by atoms with Gasteiger partial charge in [-0.25, -0.2) is 0 Å². The van der Waals surface area contributed by atoms with Gasteiger partial charge < -0.3 is 5.32 Å². The fourth-order valence-corrected chi connectivity index (χ4v) is 2.78. The van der Waals surface area contributed by atoms with Crippen molar-refractivity contribution in [3.8, 4) is 0 Å². The zero-order chi connectivity index (χ0) is 13.5. The third kappa shape index (κ3) is 5.25. The lowest BCUT2D eigenvalue weighted by atomic mass is 10.1. The fraction of sp³-hybridized carbons (Fsp3) is 1.00. The van der Waals surface area contributed by atoms with Crippen LogP contribution in [0.3, 0.4) is 0 Å². The maximum atomic E-state index is 3.55. The third-order valence-corrected chi connectivity index (χ3v) is 4.12. The number of nitrogens with one attached hydrogen (secondary N) is 1. The topological polar surface area (TPSA) is 18.5 Å². The molecule has 18 heavy (non-hydrogen) atoms. The van der Waals surface area contributed by atoms with Gasteiger partial charge in [-0.05, 0) is 45.8 Å². The molecule has 1 saturated heterocycles. The van der Waals surface area contributed by atoms with Gasteiger partial charge in [0.1, 0.15) is 0 Å². The van der Waals surface area contributed by atoms with Gasteiger partial charge in [-0.15, -0.1) is 0 Å². The molecule has 0 aromatic rings. The van der Waals surface area contributed by atoms with Crippen molar-refractivity contribution in [3.63, 3.8) is 0 Å². The summed E-state index contributed by atoms with van der Waals surface area (Å²) in [4.78, 5) is 5.24.